The Balaban J connectivity index is 2.54. The van der Waals surface area contributed by atoms with Gasteiger partial charge in [0.1, 0.15) is 0 Å². The summed E-state index contributed by atoms with van der Waals surface area (Å²) in [6.45, 7) is -1.11. The van der Waals surface area contributed by atoms with Gasteiger partial charge in [0.2, 0.25) is 0 Å². The lowest BCUT2D eigenvalue weighted by atomic mass is 10.8. The molecule has 0 fully saturated rings. The van der Waals surface area contributed by atoms with E-state index in [9.17, 15) is 0 Å². The third-order valence-electron chi connectivity index (χ3n) is 0. The van der Waals surface area contributed by atoms with Crippen molar-refractivity contribution < 1.29 is 0 Å². The lowest BCUT2D eigenvalue weighted by Crippen LogP contribution is -1.27. The van der Waals surface area contributed by atoms with Gasteiger partial charge >= 0.3 is 0 Å². The van der Waals surface area contributed by atoms with Crippen LogP contribution in [-0.4, -0.2) is 8.86 Å². The Labute approximate surface area is 38.5 Å². The first-order valence-corrected chi connectivity index (χ1v) is 3.82. The molecular weight excluding hydrogens is 113 g/mol. The van der Waals surface area contributed by atoms with Gasteiger partial charge in [-0.05, 0) is 1.34 Å². The highest BCUT2D eigenvalue weighted by Gasteiger charge is 1.75. The number of hydrogen-bond acceptors (Lipinski definition) is 0. The van der Waals surface area contributed by atoms with Crippen LogP contribution in [0, 0.1) is 0 Å². The summed E-state index contributed by atoms with van der Waals surface area (Å²) >= 11 is 10.1. The minimum absolute atomic E-state index is 1.01. The minimum atomic E-state index is -1.11. The van der Waals surface area contributed by atoms with Crippen LogP contribution in [0.5, 0.6) is 0 Å². The first kappa shape index (κ1) is 3.27. The van der Waals surface area contributed by atoms with Gasteiger partial charge in [-0.15, -0.1) is 0 Å². The summed E-state index contributed by atoms with van der Waals surface area (Å²) in [7, 11) is 1.01. The Morgan fingerprint density at radius 1 is 2.00 bits per heavy atom. The van der Waals surface area contributed by atoms with E-state index in [2.05, 4.69) is 0 Å². The SMILES string of the molecule is [2H][B]P(Cl)Cl. The summed E-state index contributed by atoms with van der Waals surface area (Å²) in [6, 6.07) is 0. The van der Waals surface area contributed by atoms with Crippen molar-refractivity contribution in [2.24, 2.45) is 0 Å². The molecule has 0 unspecified atom stereocenters. The molecule has 0 aliphatic carbocycles. The molecule has 1 radical (unpaired) electrons. The van der Waals surface area contributed by atoms with E-state index in [1.54, 1.807) is 0 Å². The Bertz CT molecular complexity index is 23.6. The molecule has 0 aromatic carbocycles. The van der Waals surface area contributed by atoms with Crippen molar-refractivity contribution in [1.82, 2.24) is 0 Å². The molecule has 0 nitrogen and oxygen atoms in total. The molecule has 0 spiro atoms. The quantitative estimate of drug-likeness (QED) is 0.359. The van der Waals surface area contributed by atoms with Crippen LogP contribution in [0.25, 0.3) is 0 Å². The van der Waals surface area contributed by atoms with E-state index in [4.69, 9.17) is 23.8 Å². The molecule has 0 atom stereocenters. The number of hydrogen-bond donors (Lipinski definition) is 0. The summed E-state index contributed by atoms with van der Waals surface area (Å²) in [6.07, 6.45) is 0. The Hall–Kier alpha value is 1.07. The standard InChI is InChI=1S/BCl2HP/c1-4(2)3/h1H/i1D. The maximum absolute atomic E-state index is 6.30. The zero-order valence-electron chi connectivity index (χ0n) is 2.78. The molecule has 0 aromatic heterocycles. The Kier molecular flexibility index (Phi) is 1.90. The Morgan fingerprint density at radius 2 is 2.25 bits per heavy atom. The lowest BCUT2D eigenvalue weighted by Gasteiger charge is -1.72. The van der Waals surface area contributed by atoms with Gasteiger partial charge in [0.15, 0.2) is 7.53 Å². The largest absolute Gasteiger partial charge is 0.166 e. The second-order valence-electron chi connectivity index (χ2n) is 0.259. The monoisotopic (exact) mass is 114 g/mol. The summed E-state index contributed by atoms with van der Waals surface area (Å²) in [4.78, 5) is 0. The van der Waals surface area contributed by atoms with Gasteiger partial charge in [0.05, 0.1) is 0 Å². The molecule has 0 N–H and O–H groups in total. The van der Waals surface area contributed by atoms with Crippen molar-refractivity contribution in [3.8, 4) is 0 Å². The second kappa shape index (κ2) is 2.32. The van der Waals surface area contributed by atoms with E-state index in [0.717, 1.165) is 7.53 Å². The maximum Gasteiger partial charge on any atom is 0.166 e. The van der Waals surface area contributed by atoms with E-state index in [1.807, 2.05) is 0 Å². The van der Waals surface area contributed by atoms with Crippen LogP contribution in [0.15, 0.2) is 0 Å². The van der Waals surface area contributed by atoms with Gasteiger partial charge in [-0.25, -0.2) is 0 Å². The molecule has 0 bridgehead atoms. The first-order valence-electron chi connectivity index (χ1n) is 1.17. The molecular formula is HBCl2P. The average molecular weight is 115 g/mol. The van der Waals surface area contributed by atoms with Gasteiger partial charge in [0, 0.05) is 6.51 Å². The van der Waals surface area contributed by atoms with E-state index < -0.39 is 6.51 Å². The topological polar surface area (TPSA) is 0 Å². The molecule has 0 aliphatic rings. The summed E-state index contributed by atoms with van der Waals surface area (Å²) < 4.78 is 6.30. The highest BCUT2D eigenvalue weighted by atomic mass is 35.9. The fourth-order valence-electron chi connectivity index (χ4n) is 0. The zero-order chi connectivity index (χ0) is 4.28. The van der Waals surface area contributed by atoms with Crippen molar-refractivity contribution in [2.45, 2.75) is 0 Å². The van der Waals surface area contributed by atoms with E-state index >= 15 is 0 Å². The molecule has 0 heterocycles. The highest BCUT2D eigenvalue weighted by molar-refractivity contribution is 8.19. The summed E-state index contributed by atoms with van der Waals surface area (Å²) in [5.41, 5.74) is 0. The van der Waals surface area contributed by atoms with Gasteiger partial charge < -0.3 is 0 Å². The third-order valence-corrected chi connectivity index (χ3v) is 0. The van der Waals surface area contributed by atoms with Crippen LogP contribution in [0.1, 0.15) is 0 Å². The number of rotatable bonds is 1. The van der Waals surface area contributed by atoms with Crippen molar-refractivity contribution in [3.63, 3.8) is 0 Å². The Morgan fingerprint density at radius 3 is 2.25 bits per heavy atom. The second-order valence-corrected chi connectivity index (χ2v) is 3.48. The fraction of sp³-hybridized carbons (Fsp3) is 0. The van der Waals surface area contributed by atoms with Crippen molar-refractivity contribution in [3.05, 3.63) is 0 Å². The van der Waals surface area contributed by atoms with Crippen molar-refractivity contribution in [1.29, 1.82) is 1.34 Å². The first-order chi connectivity index (χ1) is 2.27. The number of halogens is 2. The predicted octanol–water partition coefficient (Wildman–Crippen LogP) is 1.59. The molecule has 0 aliphatic heterocycles. The molecule has 4 heavy (non-hydrogen) atoms. The lowest BCUT2D eigenvalue weighted by molar-refractivity contribution is 4.55. The normalized spacial score (nSPS) is 11.2. The van der Waals surface area contributed by atoms with Crippen LogP contribution in [0.2, 0.25) is 0 Å². The highest BCUT2D eigenvalue weighted by Crippen LogP contribution is 2.40. The third kappa shape index (κ3) is 11.5. The molecule has 23 valence electrons. The van der Waals surface area contributed by atoms with Gasteiger partial charge in [-0.2, -0.15) is 0 Å². The fourth-order valence-corrected chi connectivity index (χ4v) is 0. The molecule has 0 amide bonds. The zero-order valence-corrected chi connectivity index (χ0v) is 4.19. The van der Waals surface area contributed by atoms with Crippen LogP contribution in [-0.2, 0) is 0 Å². The smallest absolute Gasteiger partial charge is 0.0904 e. The van der Waals surface area contributed by atoms with Gasteiger partial charge in [0.25, 0.3) is 0 Å². The van der Waals surface area contributed by atoms with Gasteiger partial charge in [-0.3, -0.25) is 0 Å². The summed E-state index contributed by atoms with van der Waals surface area (Å²) in [5, 5.41) is 0. The van der Waals surface area contributed by atoms with Gasteiger partial charge in [-0.1, -0.05) is 22.5 Å². The van der Waals surface area contributed by atoms with Crippen LogP contribution < -0.4 is 0 Å². The predicted molar refractivity (Wildman–Crippen MR) is 25.8 cm³/mol. The van der Waals surface area contributed by atoms with E-state index in [1.165, 1.54) is 0 Å². The molecule has 0 aromatic rings. The van der Waals surface area contributed by atoms with Crippen LogP contribution >= 0.6 is 29.0 Å². The minimum Gasteiger partial charge on any atom is -0.0904 e. The van der Waals surface area contributed by atoms with Crippen molar-refractivity contribution >= 4 is 36.5 Å². The van der Waals surface area contributed by atoms with Crippen molar-refractivity contribution in [2.75, 3.05) is 0 Å². The molecule has 4 heteroatoms. The van der Waals surface area contributed by atoms with Crippen LogP contribution in [0.3, 0.4) is 0 Å². The molecule has 0 saturated carbocycles. The average Bonchev–Trinajstić information content (AvgIpc) is 1.38. The van der Waals surface area contributed by atoms with Crippen LogP contribution in [0.4, 0.5) is 0 Å². The summed E-state index contributed by atoms with van der Waals surface area (Å²) in [5.74, 6) is 0. The molecule has 0 saturated heterocycles. The van der Waals surface area contributed by atoms with E-state index in [0.29, 0.717) is 0 Å². The van der Waals surface area contributed by atoms with E-state index in [-0.39, 0.29) is 0 Å². The molecule has 0 rings (SSSR count). The maximum atomic E-state index is 6.30.